The standard InChI is InChI=1S/C32H28FN3O3S/c33-27(30(24-9-3-1-4-10-24)25-11-5-2-6-12-25)22-36(29-13-7-8-18-34-29)19-20-39-26-16-14-23(15-17-26)21-28-31(37)35-32(38)40-28/h1-18,28H,19-22H2,(H,35,37,38). The molecule has 1 saturated heterocycles. The molecule has 2 heterocycles. The van der Waals surface area contributed by atoms with E-state index in [4.69, 9.17) is 4.74 Å². The number of pyridine rings is 1. The number of hydrogen-bond acceptors (Lipinski definition) is 6. The van der Waals surface area contributed by atoms with Crippen LogP contribution < -0.4 is 15.0 Å². The predicted molar refractivity (Wildman–Crippen MR) is 157 cm³/mol. The summed E-state index contributed by atoms with van der Waals surface area (Å²) >= 11 is 1.01. The van der Waals surface area contributed by atoms with Gasteiger partial charge in [0, 0.05) is 11.8 Å². The van der Waals surface area contributed by atoms with E-state index in [1.54, 1.807) is 6.20 Å². The van der Waals surface area contributed by atoms with Gasteiger partial charge in [-0.1, -0.05) is 90.6 Å². The van der Waals surface area contributed by atoms with Crippen LogP contribution in [0, 0.1) is 0 Å². The van der Waals surface area contributed by atoms with Crippen molar-refractivity contribution >= 4 is 34.3 Å². The number of carbonyl (C=O) groups excluding carboxylic acids is 2. The molecule has 1 unspecified atom stereocenters. The van der Waals surface area contributed by atoms with Crippen LogP contribution in [0.4, 0.5) is 15.0 Å². The average Bonchev–Trinajstić information content (AvgIpc) is 3.31. The molecule has 202 valence electrons. The number of ether oxygens (including phenoxy) is 1. The number of halogens is 1. The lowest BCUT2D eigenvalue weighted by Gasteiger charge is -2.24. The first-order chi connectivity index (χ1) is 19.6. The molecule has 6 nitrogen and oxygen atoms in total. The predicted octanol–water partition coefficient (Wildman–Crippen LogP) is 6.29. The van der Waals surface area contributed by atoms with Gasteiger partial charge in [0.2, 0.25) is 5.91 Å². The maximum atomic E-state index is 16.1. The zero-order valence-corrected chi connectivity index (χ0v) is 22.5. The van der Waals surface area contributed by atoms with Crippen LogP contribution >= 0.6 is 11.8 Å². The van der Waals surface area contributed by atoms with Crippen molar-refractivity contribution < 1.29 is 18.7 Å². The minimum absolute atomic E-state index is 0.0261. The minimum atomic E-state index is -0.411. The van der Waals surface area contributed by atoms with Crippen molar-refractivity contribution in [3.8, 4) is 5.75 Å². The second-order valence-corrected chi connectivity index (χ2v) is 10.4. The first kappa shape index (κ1) is 27.1. The van der Waals surface area contributed by atoms with E-state index in [2.05, 4.69) is 10.3 Å². The fourth-order valence-corrected chi connectivity index (χ4v) is 5.35. The molecule has 2 amide bonds. The summed E-state index contributed by atoms with van der Waals surface area (Å²) in [5.74, 6) is 0.794. The zero-order chi connectivity index (χ0) is 27.7. The fraction of sp³-hybridized carbons (Fsp3) is 0.156. The Labute approximate surface area is 236 Å². The molecule has 1 aliphatic rings. The Kier molecular flexibility index (Phi) is 8.88. The van der Waals surface area contributed by atoms with Crippen LogP contribution in [0.15, 0.2) is 115 Å². The Hall–Kier alpha value is -4.43. The monoisotopic (exact) mass is 553 g/mol. The van der Waals surface area contributed by atoms with Crippen molar-refractivity contribution in [3.63, 3.8) is 0 Å². The van der Waals surface area contributed by atoms with Crippen LogP contribution in [0.3, 0.4) is 0 Å². The topological polar surface area (TPSA) is 71.5 Å². The Morgan fingerprint density at radius 1 is 0.875 bits per heavy atom. The lowest BCUT2D eigenvalue weighted by Crippen LogP contribution is -2.31. The van der Waals surface area contributed by atoms with Gasteiger partial charge in [0.05, 0.1) is 18.3 Å². The van der Waals surface area contributed by atoms with Crippen molar-refractivity contribution in [1.29, 1.82) is 0 Å². The van der Waals surface area contributed by atoms with E-state index in [1.807, 2.05) is 108 Å². The normalized spacial score (nSPS) is 14.5. The molecule has 0 spiro atoms. The highest BCUT2D eigenvalue weighted by Crippen LogP contribution is 2.29. The zero-order valence-electron chi connectivity index (χ0n) is 21.7. The van der Waals surface area contributed by atoms with Gasteiger partial charge in [-0.05, 0) is 47.4 Å². The third-order valence-electron chi connectivity index (χ3n) is 6.44. The molecular weight excluding hydrogens is 525 g/mol. The van der Waals surface area contributed by atoms with Gasteiger partial charge in [0.15, 0.2) is 0 Å². The van der Waals surface area contributed by atoms with Crippen LogP contribution in [-0.4, -0.2) is 41.1 Å². The van der Waals surface area contributed by atoms with Gasteiger partial charge in [0.25, 0.3) is 5.24 Å². The highest BCUT2D eigenvalue weighted by Gasteiger charge is 2.31. The van der Waals surface area contributed by atoms with Crippen LogP contribution in [0.2, 0.25) is 0 Å². The second-order valence-electron chi connectivity index (χ2n) is 9.20. The summed E-state index contributed by atoms with van der Waals surface area (Å²) in [6, 6.07) is 32.1. The maximum Gasteiger partial charge on any atom is 0.286 e. The minimum Gasteiger partial charge on any atom is -0.492 e. The molecule has 0 bridgehead atoms. The summed E-state index contributed by atoms with van der Waals surface area (Å²) < 4.78 is 22.1. The smallest absolute Gasteiger partial charge is 0.286 e. The number of hydrogen-bond donors (Lipinski definition) is 1. The molecule has 1 N–H and O–H groups in total. The molecule has 1 aromatic heterocycles. The Balaban J connectivity index is 1.29. The van der Waals surface area contributed by atoms with Gasteiger partial charge >= 0.3 is 0 Å². The molecule has 0 aliphatic carbocycles. The van der Waals surface area contributed by atoms with Crippen LogP contribution in [-0.2, 0) is 11.2 Å². The molecule has 1 atom stereocenters. The van der Waals surface area contributed by atoms with E-state index in [-0.39, 0.29) is 23.5 Å². The second kappa shape index (κ2) is 13.1. The number of imide groups is 1. The number of amides is 2. The van der Waals surface area contributed by atoms with Gasteiger partial charge < -0.3 is 9.64 Å². The van der Waals surface area contributed by atoms with Gasteiger partial charge in [-0.2, -0.15) is 0 Å². The molecule has 1 aliphatic heterocycles. The number of nitrogens with one attached hydrogen (secondary N) is 1. The molecule has 0 saturated carbocycles. The summed E-state index contributed by atoms with van der Waals surface area (Å²) in [5, 5.41) is 1.59. The van der Waals surface area contributed by atoms with Gasteiger partial charge in [-0.15, -0.1) is 0 Å². The lowest BCUT2D eigenvalue weighted by atomic mass is 9.97. The summed E-state index contributed by atoms with van der Waals surface area (Å²) in [4.78, 5) is 29.6. The first-order valence-electron chi connectivity index (χ1n) is 13.0. The average molecular weight is 554 g/mol. The lowest BCUT2D eigenvalue weighted by molar-refractivity contribution is -0.118. The van der Waals surface area contributed by atoms with Crippen molar-refractivity contribution in [1.82, 2.24) is 10.3 Å². The van der Waals surface area contributed by atoms with Crippen molar-refractivity contribution in [2.75, 3.05) is 24.6 Å². The van der Waals surface area contributed by atoms with Crippen LogP contribution in [0.5, 0.6) is 5.75 Å². The molecule has 0 radical (unpaired) electrons. The number of carbonyl (C=O) groups is 2. The van der Waals surface area contributed by atoms with E-state index in [0.717, 1.165) is 28.5 Å². The number of nitrogens with zero attached hydrogens (tertiary/aromatic N) is 2. The van der Waals surface area contributed by atoms with Crippen molar-refractivity contribution in [2.24, 2.45) is 0 Å². The fourth-order valence-electron chi connectivity index (χ4n) is 4.49. The summed E-state index contributed by atoms with van der Waals surface area (Å²) in [6.45, 7) is 0.743. The van der Waals surface area contributed by atoms with Crippen LogP contribution in [0.25, 0.3) is 5.57 Å². The quantitative estimate of drug-likeness (QED) is 0.235. The molecule has 8 heteroatoms. The van der Waals surface area contributed by atoms with E-state index in [0.29, 0.717) is 36.7 Å². The number of benzene rings is 3. The van der Waals surface area contributed by atoms with E-state index in [1.165, 1.54) is 0 Å². The Bertz CT molecular complexity index is 1420. The molecule has 3 aromatic carbocycles. The molecule has 5 rings (SSSR count). The Morgan fingerprint density at radius 2 is 1.52 bits per heavy atom. The van der Waals surface area contributed by atoms with Crippen molar-refractivity contribution in [3.05, 3.63) is 132 Å². The van der Waals surface area contributed by atoms with Gasteiger partial charge in [-0.25, -0.2) is 9.37 Å². The first-order valence-corrected chi connectivity index (χ1v) is 13.8. The van der Waals surface area contributed by atoms with E-state index < -0.39 is 5.25 Å². The number of aromatic nitrogens is 1. The highest BCUT2D eigenvalue weighted by molar-refractivity contribution is 8.15. The van der Waals surface area contributed by atoms with E-state index >= 15 is 4.39 Å². The van der Waals surface area contributed by atoms with Crippen molar-refractivity contribution in [2.45, 2.75) is 11.7 Å². The summed E-state index contributed by atoms with van der Waals surface area (Å²) in [5.41, 5.74) is 3.10. The molecule has 4 aromatic rings. The molecular formula is C32H28FN3O3S. The molecule has 40 heavy (non-hydrogen) atoms. The van der Waals surface area contributed by atoms with Crippen LogP contribution in [0.1, 0.15) is 16.7 Å². The SMILES string of the molecule is O=C1NC(=O)C(Cc2ccc(OCCN(CC(F)=C(c3ccccc3)c3ccccc3)c3ccccn3)cc2)S1. The molecule has 1 fully saturated rings. The number of anilines is 1. The number of thioether (sulfide) groups is 1. The Morgan fingerprint density at radius 3 is 2.10 bits per heavy atom. The van der Waals surface area contributed by atoms with E-state index in [9.17, 15) is 9.59 Å². The van der Waals surface area contributed by atoms with Gasteiger partial charge in [0.1, 0.15) is 24.0 Å². The summed E-state index contributed by atoms with van der Waals surface area (Å²) in [6.07, 6.45) is 2.15. The third-order valence-corrected chi connectivity index (χ3v) is 7.42. The third kappa shape index (κ3) is 6.95. The maximum absolute atomic E-state index is 16.1. The van der Waals surface area contributed by atoms with Gasteiger partial charge in [-0.3, -0.25) is 14.9 Å². The highest BCUT2D eigenvalue weighted by atomic mass is 32.2. The number of rotatable bonds is 11. The largest absolute Gasteiger partial charge is 0.492 e. The summed E-state index contributed by atoms with van der Waals surface area (Å²) in [7, 11) is 0.